The molecule has 1 aromatic heterocycles. The number of amides is 3. The van der Waals surface area contributed by atoms with Gasteiger partial charge in [0.2, 0.25) is 5.91 Å². The molecule has 3 atom stereocenters. The molecule has 2 saturated heterocycles. The van der Waals surface area contributed by atoms with Gasteiger partial charge in [0.25, 0.3) is 5.91 Å². The molecular formula is C37H37N3O8S2. The SMILES string of the molecule is CCOC(=O)c1ccsc1N1CCC(=CC2=CS[C@@H]3[C@H](NC(=O)OC(C)(C)C)C(=O)N3[C@H]2C(=O)OC(c2ccccc2)c2ccccc2)C1=O. The fourth-order valence-corrected chi connectivity index (χ4v) is 8.10. The summed E-state index contributed by atoms with van der Waals surface area (Å²) in [4.78, 5) is 69.9. The Balaban J connectivity index is 1.31. The Kier molecular flexibility index (Phi) is 10.2. The first-order valence-corrected chi connectivity index (χ1v) is 18.0. The second-order valence-electron chi connectivity index (χ2n) is 12.8. The van der Waals surface area contributed by atoms with Crippen LogP contribution in [0.25, 0.3) is 0 Å². The van der Waals surface area contributed by atoms with E-state index in [1.807, 2.05) is 60.7 Å². The molecule has 11 nitrogen and oxygen atoms in total. The topological polar surface area (TPSA) is 132 Å². The smallest absolute Gasteiger partial charge is 0.408 e. The number of ether oxygens (including phenoxy) is 3. The summed E-state index contributed by atoms with van der Waals surface area (Å²) < 4.78 is 16.8. The maximum absolute atomic E-state index is 14.4. The number of hydrogen-bond acceptors (Lipinski definition) is 10. The van der Waals surface area contributed by atoms with Gasteiger partial charge in [-0.05, 0) is 73.7 Å². The van der Waals surface area contributed by atoms with E-state index in [-0.39, 0.29) is 12.5 Å². The number of fused-ring (bicyclic) bond motifs is 1. The van der Waals surface area contributed by atoms with Crippen molar-refractivity contribution in [2.45, 2.75) is 63.3 Å². The van der Waals surface area contributed by atoms with E-state index >= 15 is 0 Å². The van der Waals surface area contributed by atoms with Crippen molar-refractivity contribution in [3.05, 3.63) is 111 Å². The van der Waals surface area contributed by atoms with Crippen LogP contribution in [0.2, 0.25) is 0 Å². The zero-order valence-electron chi connectivity index (χ0n) is 28.0. The van der Waals surface area contributed by atoms with Gasteiger partial charge in [-0.1, -0.05) is 60.7 Å². The van der Waals surface area contributed by atoms with Crippen molar-refractivity contribution < 1.29 is 38.2 Å². The Bertz CT molecular complexity index is 1810. The van der Waals surface area contributed by atoms with Gasteiger partial charge in [0.15, 0.2) is 12.1 Å². The van der Waals surface area contributed by atoms with Gasteiger partial charge in [0.1, 0.15) is 22.0 Å². The van der Waals surface area contributed by atoms with E-state index in [0.29, 0.717) is 34.7 Å². The third-order valence-electron chi connectivity index (χ3n) is 8.20. The van der Waals surface area contributed by atoms with Crippen molar-refractivity contribution in [2.24, 2.45) is 0 Å². The number of carbonyl (C=O) groups excluding carboxylic acids is 5. The van der Waals surface area contributed by atoms with Gasteiger partial charge in [-0.3, -0.25) is 14.5 Å². The predicted octanol–water partition coefficient (Wildman–Crippen LogP) is 5.98. The second-order valence-corrected chi connectivity index (χ2v) is 14.7. The van der Waals surface area contributed by atoms with Crippen LogP contribution in [-0.4, -0.2) is 71.0 Å². The summed E-state index contributed by atoms with van der Waals surface area (Å²) in [6.45, 7) is 7.42. The molecule has 2 aromatic carbocycles. The summed E-state index contributed by atoms with van der Waals surface area (Å²) in [6.07, 6.45) is 0.465. The van der Waals surface area contributed by atoms with Crippen molar-refractivity contribution in [3.8, 4) is 0 Å². The first-order chi connectivity index (χ1) is 24.0. The van der Waals surface area contributed by atoms with Gasteiger partial charge in [0, 0.05) is 12.1 Å². The van der Waals surface area contributed by atoms with E-state index in [9.17, 15) is 24.0 Å². The molecule has 2 fully saturated rings. The van der Waals surface area contributed by atoms with E-state index in [0.717, 1.165) is 11.1 Å². The lowest BCUT2D eigenvalue weighted by atomic mass is 9.95. The van der Waals surface area contributed by atoms with Gasteiger partial charge in [-0.25, -0.2) is 14.4 Å². The third kappa shape index (κ3) is 7.19. The first-order valence-electron chi connectivity index (χ1n) is 16.2. The number of carbonyl (C=O) groups is 5. The lowest BCUT2D eigenvalue weighted by Gasteiger charge is -2.51. The molecule has 50 heavy (non-hydrogen) atoms. The molecule has 3 aliphatic heterocycles. The minimum Gasteiger partial charge on any atom is -0.462 e. The summed E-state index contributed by atoms with van der Waals surface area (Å²) in [5, 5.41) is 5.99. The minimum absolute atomic E-state index is 0.205. The average Bonchev–Trinajstić information content (AvgIpc) is 3.72. The van der Waals surface area contributed by atoms with Crippen LogP contribution >= 0.6 is 23.1 Å². The maximum Gasteiger partial charge on any atom is 0.408 e. The second kappa shape index (κ2) is 14.5. The van der Waals surface area contributed by atoms with Gasteiger partial charge in [-0.15, -0.1) is 23.1 Å². The molecule has 3 aromatic rings. The van der Waals surface area contributed by atoms with Crippen LogP contribution in [0.3, 0.4) is 0 Å². The highest BCUT2D eigenvalue weighted by atomic mass is 32.2. The largest absolute Gasteiger partial charge is 0.462 e. The number of hydrogen-bond donors (Lipinski definition) is 1. The number of β-lactam (4-membered cyclic amide) rings is 1. The van der Waals surface area contributed by atoms with E-state index in [4.69, 9.17) is 14.2 Å². The van der Waals surface area contributed by atoms with Crippen LogP contribution in [0.1, 0.15) is 61.7 Å². The maximum atomic E-state index is 14.4. The molecule has 3 aliphatic rings. The molecule has 0 aliphatic carbocycles. The summed E-state index contributed by atoms with van der Waals surface area (Å²) in [5.74, 6) is -1.99. The van der Waals surface area contributed by atoms with Gasteiger partial charge < -0.3 is 24.4 Å². The predicted molar refractivity (Wildman–Crippen MR) is 189 cm³/mol. The van der Waals surface area contributed by atoms with Crippen molar-refractivity contribution in [3.63, 3.8) is 0 Å². The number of nitrogens with one attached hydrogen (secondary N) is 1. The average molecular weight is 716 g/mol. The molecular weight excluding hydrogens is 679 g/mol. The van der Waals surface area contributed by atoms with E-state index < -0.39 is 53.1 Å². The molecule has 0 saturated carbocycles. The Labute approximate surface area is 298 Å². The zero-order chi connectivity index (χ0) is 35.6. The molecule has 4 heterocycles. The van der Waals surface area contributed by atoms with Crippen LogP contribution in [0.15, 0.2) is 94.7 Å². The van der Waals surface area contributed by atoms with E-state index in [1.165, 1.54) is 32.9 Å². The number of esters is 2. The number of thioether (sulfide) groups is 1. The molecule has 1 N–H and O–H groups in total. The Morgan fingerprint density at radius 1 is 1.00 bits per heavy atom. The quantitative estimate of drug-likeness (QED) is 0.123. The van der Waals surface area contributed by atoms with Crippen molar-refractivity contribution in [1.82, 2.24) is 10.2 Å². The Morgan fingerprint density at radius 3 is 2.28 bits per heavy atom. The van der Waals surface area contributed by atoms with Crippen molar-refractivity contribution >= 4 is 57.9 Å². The third-order valence-corrected chi connectivity index (χ3v) is 10.3. The van der Waals surface area contributed by atoms with E-state index in [1.54, 1.807) is 50.6 Å². The molecule has 0 bridgehead atoms. The van der Waals surface area contributed by atoms with E-state index in [2.05, 4.69) is 5.32 Å². The molecule has 0 radical (unpaired) electrons. The number of rotatable bonds is 9. The number of thiophene rings is 1. The molecule has 13 heteroatoms. The number of nitrogens with zero attached hydrogens (tertiary/aromatic N) is 2. The zero-order valence-corrected chi connectivity index (χ0v) is 29.6. The summed E-state index contributed by atoms with van der Waals surface area (Å²) in [5.41, 5.74) is 1.84. The number of anilines is 1. The molecule has 260 valence electrons. The fourth-order valence-electron chi connectivity index (χ4n) is 5.99. The van der Waals surface area contributed by atoms with Crippen LogP contribution in [0.4, 0.5) is 9.80 Å². The fraction of sp³-hybridized carbons (Fsp3) is 0.324. The van der Waals surface area contributed by atoms with Crippen LogP contribution < -0.4 is 10.2 Å². The van der Waals surface area contributed by atoms with Crippen LogP contribution in [0, 0.1) is 0 Å². The molecule has 6 rings (SSSR count). The van der Waals surface area contributed by atoms with Crippen molar-refractivity contribution in [1.29, 1.82) is 0 Å². The standard InChI is InChI=1S/C37H37N3O8S2/c1-5-46-34(43)26-17-19-49-32(26)39-18-16-24(30(39)41)20-25-21-50-33-27(38-36(45)48-37(2,3)4)31(42)40(33)28(25)35(44)47-29(22-12-8-6-9-13-22)23-14-10-7-11-15-23/h6-15,17,19-21,27-29,33H,5,16,18H2,1-4H3,(H,38,45)/t27-,28-,33-/m1/s1. The van der Waals surface area contributed by atoms with Gasteiger partial charge >= 0.3 is 18.0 Å². The lowest BCUT2D eigenvalue weighted by molar-refractivity contribution is -0.164. The highest BCUT2D eigenvalue weighted by Gasteiger charge is 2.56. The first kappa shape index (κ1) is 35.0. The summed E-state index contributed by atoms with van der Waals surface area (Å²) >= 11 is 2.52. The molecule has 0 unspecified atom stereocenters. The van der Waals surface area contributed by atoms with Crippen LogP contribution in [-0.2, 0) is 28.6 Å². The van der Waals surface area contributed by atoms with Gasteiger partial charge in [0.05, 0.1) is 12.2 Å². The highest BCUT2D eigenvalue weighted by Crippen LogP contribution is 2.43. The monoisotopic (exact) mass is 715 g/mol. The highest BCUT2D eigenvalue weighted by molar-refractivity contribution is 8.03. The molecule has 3 amide bonds. The van der Waals surface area contributed by atoms with Crippen LogP contribution in [0.5, 0.6) is 0 Å². The summed E-state index contributed by atoms with van der Waals surface area (Å²) in [7, 11) is 0. The summed E-state index contributed by atoms with van der Waals surface area (Å²) in [6, 6.07) is 18.1. The number of benzene rings is 2. The number of alkyl carbamates (subject to hydrolysis) is 1. The Hall–Kier alpha value is -4.88. The lowest BCUT2D eigenvalue weighted by Crippen LogP contribution is -2.74. The molecule has 0 spiro atoms. The van der Waals surface area contributed by atoms with Crippen molar-refractivity contribution in [2.75, 3.05) is 18.1 Å². The normalized spacial score (nSPS) is 21.0. The van der Waals surface area contributed by atoms with Gasteiger partial charge in [-0.2, -0.15) is 0 Å². The Morgan fingerprint density at radius 2 is 1.66 bits per heavy atom. The minimum atomic E-state index is -1.20.